The van der Waals surface area contributed by atoms with Crippen molar-refractivity contribution in [1.29, 1.82) is 0 Å². The summed E-state index contributed by atoms with van der Waals surface area (Å²) in [6.45, 7) is 1.39. The van der Waals surface area contributed by atoms with Crippen molar-refractivity contribution >= 4 is 35.8 Å². The molecule has 6 N–H and O–H groups in total. The molecule has 0 fully saturated rings. The zero-order chi connectivity index (χ0) is 24.0. The minimum atomic E-state index is -1.37. The Morgan fingerprint density at radius 2 is 0.862 bits per heavy atom. The molecular formula is C15H20O14-2. The zero-order valence-corrected chi connectivity index (χ0v) is 15.0. The van der Waals surface area contributed by atoms with E-state index in [9.17, 15) is 39.0 Å². The van der Waals surface area contributed by atoms with Crippen LogP contribution in [0.15, 0.2) is 24.3 Å². The Balaban J connectivity index is -0.000000146. The van der Waals surface area contributed by atoms with Crippen LogP contribution in [0.5, 0.6) is 0 Å². The zero-order valence-electron chi connectivity index (χ0n) is 15.0. The van der Waals surface area contributed by atoms with Gasteiger partial charge >= 0.3 is 23.9 Å². The van der Waals surface area contributed by atoms with E-state index < -0.39 is 54.8 Å². The summed E-state index contributed by atoms with van der Waals surface area (Å²) in [6.07, 6.45) is 0.731. The van der Waals surface area contributed by atoms with Gasteiger partial charge < -0.3 is 50.4 Å². The maximum Gasteiger partial charge on any atom is 0.328 e. The molecule has 1 atom stereocenters. The standard InChI is InChI=1S/C4H6O4.2C4H4O4.C3H8O2/c3*5-3(6)1-2-4(7)8;1-3(5)2-4/h1-2H2,(H,5,6)(H,7,8);2*1-2H,(H,5,6)(H,7,8);3-5H,2H2,1H3/p-2/b;2*2-1-;. The molecule has 0 aliphatic heterocycles. The van der Waals surface area contributed by atoms with Gasteiger partial charge in [0.05, 0.1) is 12.7 Å². The van der Waals surface area contributed by atoms with E-state index in [1.165, 1.54) is 6.92 Å². The minimum absolute atomic E-state index is 0.139. The molecule has 29 heavy (non-hydrogen) atoms. The molecule has 14 heteroatoms. The summed E-state index contributed by atoms with van der Waals surface area (Å²) in [4.78, 5) is 57.2. The molecule has 14 nitrogen and oxygen atoms in total. The molecule has 0 aliphatic carbocycles. The molecular weight excluding hydrogens is 404 g/mol. The largest absolute Gasteiger partial charge is 0.550 e. The summed E-state index contributed by atoms with van der Waals surface area (Å²) in [6, 6.07) is 0. The highest BCUT2D eigenvalue weighted by atomic mass is 16.4. The van der Waals surface area contributed by atoms with E-state index in [1.807, 2.05) is 0 Å². The number of carbonyl (C=O) groups excluding carboxylic acids is 2. The Labute approximate surface area is 163 Å². The molecule has 0 bridgehead atoms. The van der Waals surface area contributed by atoms with Crippen LogP contribution in [0.2, 0.25) is 0 Å². The van der Waals surface area contributed by atoms with Gasteiger partial charge in [-0.2, -0.15) is 0 Å². The molecule has 0 saturated heterocycles. The predicted octanol–water partition coefficient (Wildman–Crippen LogP) is -3.95. The van der Waals surface area contributed by atoms with E-state index in [2.05, 4.69) is 0 Å². The van der Waals surface area contributed by atoms with Crippen molar-refractivity contribution in [1.82, 2.24) is 0 Å². The molecule has 166 valence electrons. The van der Waals surface area contributed by atoms with Gasteiger partial charge in [0.25, 0.3) is 0 Å². The second-order valence-corrected chi connectivity index (χ2v) is 4.30. The number of hydrogen-bond acceptors (Lipinski definition) is 10. The first-order chi connectivity index (χ1) is 13.1. The second kappa shape index (κ2) is 22.3. The second-order valence-electron chi connectivity index (χ2n) is 4.30. The average Bonchev–Trinajstić information content (AvgIpc) is 2.58. The molecule has 0 aromatic rings. The summed E-state index contributed by atoms with van der Waals surface area (Å²) in [5.41, 5.74) is 0. The first kappa shape index (κ1) is 32.9. The average molecular weight is 424 g/mol. The Bertz CT molecular complexity index is 508. The van der Waals surface area contributed by atoms with E-state index in [1.54, 1.807) is 0 Å². The summed E-state index contributed by atoms with van der Waals surface area (Å²) < 4.78 is 0. The Hall–Kier alpha value is -3.78. The number of carboxylic acid groups (broad SMARTS) is 6. The topological polar surface area (TPSA) is 270 Å². The highest BCUT2D eigenvalue weighted by molar-refractivity contribution is 5.90. The lowest BCUT2D eigenvalue weighted by molar-refractivity contribution is -0.315. The van der Waals surface area contributed by atoms with Crippen molar-refractivity contribution in [3.05, 3.63) is 24.3 Å². The first-order valence-electron chi connectivity index (χ1n) is 7.12. The number of aliphatic hydroxyl groups excluding tert-OH is 2. The van der Waals surface area contributed by atoms with Gasteiger partial charge in [-0.15, -0.1) is 0 Å². The molecule has 0 radical (unpaired) electrons. The quantitative estimate of drug-likeness (QED) is 0.203. The van der Waals surface area contributed by atoms with Crippen LogP contribution in [-0.4, -0.2) is 79.2 Å². The van der Waals surface area contributed by atoms with Gasteiger partial charge in [-0.05, 0) is 19.8 Å². The minimum Gasteiger partial charge on any atom is -0.550 e. The van der Waals surface area contributed by atoms with Crippen LogP contribution in [0.25, 0.3) is 0 Å². The van der Waals surface area contributed by atoms with Crippen LogP contribution in [0.3, 0.4) is 0 Å². The number of carboxylic acids is 6. The first-order valence-corrected chi connectivity index (χ1v) is 7.12. The van der Waals surface area contributed by atoms with Crippen LogP contribution in [0.1, 0.15) is 19.8 Å². The third kappa shape index (κ3) is 68.4. The van der Waals surface area contributed by atoms with Gasteiger partial charge in [0.1, 0.15) is 0 Å². The molecule has 0 rings (SSSR count). The highest BCUT2D eigenvalue weighted by Gasteiger charge is 1.89. The fourth-order valence-corrected chi connectivity index (χ4v) is 0.489. The van der Waals surface area contributed by atoms with Crippen molar-refractivity contribution in [2.75, 3.05) is 6.61 Å². The van der Waals surface area contributed by atoms with Crippen molar-refractivity contribution in [3.63, 3.8) is 0 Å². The fourth-order valence-electron chi connectivity index (χ4n) is 0.489. The summed E-state index contributed by atoms with van der Waals surface area (Å²) in [7, 11) is 0. The Morgan fingerprint density at radius 1 is 0.690 bits per heavy atom. The van der Waals surface area contributed by atoms with Crippen molar-refractivity contribution in [2.45, 2.75) is 25.9 Å². The van der Waals surface area contributed by atoms with Gasteiger partial charge in [0.2, 0.25) is 0 Å². The molecule has 0 spiro atoms. The van der Waals surface area contributed by atoms with Crippen LogP contribution in [-0.2, 0) is 28.8 Å². The summed E-state index contributed by atoms with van der Waals surface area (Å²) >= 11 is 0. The molecule has 0 heterocycles. The van der Waals surface area contributed by atoms with E-state index in [4.69, 9.17) is 30.6 Å². The normalized spacial score (nSPS) is 10.2. The Morgan fingerprint density at radius 3 is 0.931 bits per heavy atom. The lowest BCUT2D eigenvalue weighted by atomic mass is 10.3. The third-order valence-corrected chi connectivity index (χ3v) is 1.53. The van der Waals surface area contributed by atoms with Crippen LogP contribution in [0.4, 0.5) is 0 Å². The summed E-state index contributed by atoms with van der Waals surface area (Å²) in [5, 5.41) is 66.3. The van der Waals surface area contributed by atoms with Gasteiger partial charge in [0, 0.05) is 36.2 Å². The van der Waals surface area contributed by atoms with Gasteiger partial charge in [-0.3, -0.25) is 0 Å². The van der Waals surface area contributed by atoms with Crippen LogP contribution >= 0.6 is 0 Å². The fraction of sp³-hybridized carbons (Fsp3) is 0.333. The molecule has 0 aromatic carbocycles. The van der Waals surface area contributed by atoms with Crippen molar-refractivity contribution in [2.24, 2.45) is 0 Å². The lowest BCUT2D eigenvalue weighted by Gasteiger charge is -2.00. The van der Waals surface area contributed by atoms with E-state index in [-0.39, 0.29) is 6.61 Å². The van der Waals surface area contributed by atoms with E-state index in [0.29, 0.717) is 24.3 Å². The Kier molecular flexibility index (Phi) is 25.2. The van der Waals surface area contributed by atoms with Crippen LogP contribution < -0.4 is 10.2 Å². The number of aliphatic carboxylic acids is 6. The maximum absolute atomic E-state index is 9.55. The molecule has 0 aliphatic rings. The smallest absolute Gasteiger partial charge is 0.328 e. The summed E-state index contributed by atoms with van der Waals surface area (Å²) in [5.74, 6) is -7.76. The third-order valence-electron chi connectivity index (χ3n) is 1.53. The van der Waals surface area contributed by atoms with E-state index in [0.717, 1.165) is 0 Å². The van der Waals surface area contributed by atoms with Crippen molar-refractivity contribution < 1.29 is 69.6 Å². The van der Waals surface area contributed by atoms with Gasteiger partial charge in [-0.1, -0.05) is 0 Å². The predicted molar refractivity (Wildman–Crippen MR) is 86.8 cm³/mol. The van der Waals surface area contributed by atoms with Crippen molar-refractivity contribution in [3.8, 4) is 0 Å². The number of aliphatic hydroxyl groups is 2. The SMILES string of the molecule is CC(O)CO.O=C(O)/C=C\C(=O)O.O=C(O)/C=C\C(=O)O.O=C([O-])CCC(=O)[O-]. The molecule has 0 amide bonds. The number of hydrogen-bond donors (Lipinski definition) is 6. The van der Waals surface area contributed by atoms with E-state index >= 15 is 0 Å². The number of rotatable bonds is 8. The molecule has 1 unspecified atom stereocenters. The van der Waals surface area contributed by atoms with Gasteiger partial charge in [0.15, 0.2) is 0 Å². The maximum atomic E-state index is 9.55. The number of carbonyl (C=O) groups is 6. The van der Waals surface area contributed by atoms with Crippen LogP contribution in [0, 0.1) is 0 Å². The molecule has 0 saturated carbocycles. The lowest BCUT2D eigenvalue weighted by Crippen LogP contribution is -2.27. The highest BCUT2D eigenvalue weighted by Crippen LogP contribution is 1.81. The monoisotopic (exact) mass is 424 g/mol. The molecule has 0 aromatic heterocycles. The van der Waals surface area contributed by atoms with Gasteiger partial charge in [-0.25, -0.2) is 19.2 Å².